The Morgan fingerprint density at radius 3 is 2.85 bits per heavy atom. The van der Waals surface area contributed by atoms with Crippen molar-refractivity contribution in [3.05, 3.63) is 35.5 Å². The first-order chi connectivity index (χ1) is 12.9. The van der Waals surface area contributed by atoms with Gasteiger partial charge in [-0.3, -0.25) is 4.79 Å². The Hall–Kier alpha value is -2.57. The van der Waals surface area contributed by atoms with Crippen LogP contribution in [0.2, 0.25) is 0 Å². The third kappa shape index (κ3) is 3.77. The predicted molar refractivity (Wildman–Crippen MR) is 97.4 cm³/mol. The molecule has 0 bridgehead atoms. The number of carbonyl (C=O) groups excluding carboxylic acids is 1. The zero-order chi connectivity index (χ0) is 19.0. The Labute approximate surface area is 158 Å². The van der Waals surface area contributed by atoms with Gasteiger partial charge in [-0.15, -0.1) is 0 Å². The van der Waals surface area contributed by atoms with E-state index >= 15 is 0 Å². The largest absolute Gasteiger partial charge is 0.454 e. The number of aromatic nitrogens is 2. The van der Waals surface area contributed by atoms with Gasteiger partial charge in [-0.05, 0) is 36.0 Å². The van der Waals surface area contributed by atoms with Crippen LogP contribution in [0, 0.1) is 5.41 Å². The summed E-state index contributed by atoms with van der Waals surface area (Å²) in [6.07, 6.45) is 2.27. The van der Waals surface area contributed by atoms with E-state index < -0.39 is 0 Å². The van der Waals surface area contributed by atoms with E-state index in [4.69, 9.17) is 14.0 Å². The van der Waals surface area contributed by atoms with Crippen LogP contribution in [0.25, 0.3) is 0 Å². The zero-order valence-electron chi connectivity index (χ0n) is 16.0. The number of amides is 1. The monoisotopic (exact) mass is 371 g/mol. The number of nitrogens with zero attached hydrogens (tertiary/aromatic N) is 3. The summed E-state index contributed by atoms with van der Waals surface area (Å²) in [5.41, 5.74) is 1.18. The van der Waals surface area contributed by atoms with Crippen LogP contribution in [0.4, 0.5) is 0 Å². The Morgan fingerprint density at radius 1 is 1.26 bits per heavy atom. The minimum absolute atomic E-state index is 0.00772. The summed E-state index contributed by atoms with van der Waals surface area (Å²) >= 11 is 0. The molecule has 3 heterocycles. The highest BCUT2D eigenvalue weighted by Crippen LogP contribution is 2.38. The van der Waals surface area contributed by atoms with E-state index in [2.05, 4.69) is 23.1 Å². The average Bonchev–Trinajstić information content (AvgIpc) is 3.27. The summed E-state index contributed by atoms with van der Waals surface area (Å²) in [5.74, 6) is 3.10. The molecular weight excluding hydrogens is 346 g/mol. The quantitative estimate of drug-likeness (QED) is 0.803. The molecule has 1 atom stereocenters. The average molecular weight is 371 g/mol. The van der Waals surface area contributed by atoms with E-state index in [0.717, 1.165) is 24.3 Å². The van der Waals surface area contributed by atoms with Crippen molar-refractivity contribution in [1.82, 2.24) is 15.0 Å². The molecule has 2 aliphatic heterocycles. The van der Waals surface area contributed by atoms with Crippen molar-refractivity contribution in [1.29, 1.82) is 0 Å². The number of carbonyl (C=O) groups is 1. The molecule has 1 saturated heterocycles. The predicted octanol–water partition coefficient (Wildman–Crippen LogP) is 3.29. The fourth-order valence-corrected chi connectivity index (χ4v) is 3.76. The van der Waals surface area contributed by atoms with Crippen molar-refractivity contribution in [3.8, 4) is 11.5 Å². The van der Waals surface area contributed by atoms with Crippen LogP contribution < -0.4 is 9.47 Å². The summed E-state index contributed by atoms with van der Waals surface area (Å²) in [4.78, 5) is 18.7. The molecule has 0 saturated carbocycles. The molecule has 0 radical (unpaired) electrons. The second kappa shape index (κ2) is 6.87. The lowest BCUT2D eigenvalue weighted by Gasteiger charge is -2.40. The van der Waals surface area contributed by atoms with Crippen LogP contribution >= 0.6 is 0 Å². The van der Waals surface area contributed by atoms with Gasteiger partial charge >= 0.3 is 0 Å². The van der Waals surface area contributed by atoms with Crippen LogP contribution in [0.15, 0.2) is 22.7 Å². The number of benzene rings is 1. The highest BCUT2D eigenvalue weighted by molar-refractivity contribution is 5.77. The third-order valence-electron chi connectivity index (χ3n) is 5.25. The Balaban J connectivity index is 1.46. The summed E-state index contributed by atoms with van der Waals surface area (Å²) in [6.45, 7) is 7.59. The highest BCUT2D eigenvalue weighted by atomic mass is 16.7. The standard InChI is InChI=1S/C20H25N3O4/c1-13(2)19-21-17(22-27-19)10-23-11-20(3,7-6-18(23)24)9-14-4-5-15-16(8-14)26-12-25-15/h4-5,8,13H,6-7,9-12H2,1-3H3. The van der Waals surface area contributed by atoms with E-state index in [0.29, 0.717) is 31.2 Å². The molecular formula is C20H25N3O4. The SMILES string of the molecule is CC(C)c1nc(CN2CC(C)(Cc3ccc4c(c3)OCO4)CCC2=O)no1. The number of rotatable bonds is 5. The lowest BCUT2D eigenvalue weighted by Crippen LogP contribution is -2.45. The second-order valence-electron chi connectivity index (χ2n) is 8.13. The number of likely N-dealkylation sites (tertiary alicyclic amines) is 1. The van der Waals surface area contributed by atoms with Crippen molar-refractivity contribution >= 4 is 5.91 Å². The maximum absolute atomic E-state index is 12.4. The molecule has 0 spiro atoms. The van der Waals surface area contributed by atoms with Crippen LogP contribution in [0.1, 0.15) is 56.8 Å². The van der Waals surface area contributed by atoms with Crippen molar-refractivity contribution in [2.45, 2.75) is 52.5 Å². The summed E-state index contributed by atoms with van der Waals surface area (Å²) < 4.78 is 16.1. The van der Waals surface area contributed by atoms with E-state index in [1.807, 2.05) is 30.9 Å². The van der Waals surface area contributed by atoms with Crippen LogP contribution in [-0.2, 0) is 17.8 Å². The fourth-order valence-electron chi connectivity index (χ4n) is 3.76. The summed E-state index contributed by atoms with van der Waals surface area (Å²) in [7, 11) is 0. The molecule has 2 aliphatic rings. The van der Waals surface area contributed by atoms with Gasteiger partial charge in [-0.2, -0.15) is 4.98 Å². The summed E-state index contributed by atoms with van der Waals surface area (Å²) in [5, 5.41) is 4.03. The Kier molecular flexibility index (Phi) is 4.53. The molecule has 7 nitrogen and oxygen atoms in total. The molecule has 27 heavy (non-hydrogen) atoms. The molecule has 0 N–H and O–H groups in total. The molecule has 7 heteroatoms. The van der Waals surface area contributed by atoms with E-state index in [-0.39, 0.29) is 24.0 Å². The highest BCUT2D eigenvalue weighted by Gasteiger charge is 2.36. The second-order valence-corrected chi connectivity index (χ2v) is 8.13. The maximum atomic E-state index is 12.4. The first kappa shape index (κ1) is 17.8. The van der Waals surface area contributed by atoms with Gasteiger partial charge in [0.2, 0.25) is 18.6 Å². The zero-order valence-corrected chi connectivity index (χ0v) is 16.0. The lowest BCUT2D eigenvalue weighted by atomic mass is 9.76. The van der Waals surface area contributed by atoms with Crippen LogP contribution in [0.3, 0.4) is 0 Å². The van der Waals surface area contributed by atoms with Gasteiger partial charge < -0.3 is 18.9 Å². The Bertz CT molecular complexity index is 848. The number of fused-ring (bicyclic) bond motifs is 1. The van der Waals surface area contributed by atoms with Crippen molar-refractivity contribution in [3.63, 3.8) is 0 Å². The first-order valence-electron chi connectivity index (χ1n) is 9.41. The fraction of sp³-hybridized carbons (Fsp3) is 0.550. The van der Waals surface area contributed by atoms with E-state index in [1.54, 1.807) is 0 Å². The van der Waals surface area contributed by atoms with Gasteiger partial charge in [0.15, 0.2) is 17.3 Å². The Morgan fingerprint density at radius 2 is 2.07 bits per heavy atom. The van der Waals surface area contributed by atoms with Gasteiger partial charge in [0.1, 0.15) is 0 Å². The topological polar surface area (TPSA) is 77.7 Å². The minimum atomic E-state index is -0.00772. The minimum Gasteiger partial charge on any atom is -0.454 e. The molecule has 2 aromatic rings. The third-order valence-corrected chi connectivity index (χ3v) is 5.25. The molecule has 1 aromatic heterocycles. The summed E-state index contributed by atoms with van der Waals surface area (Å²) in [6, 6.07) is 6.08. The smallest absolute Gasteiger partial charge is 0.231 e. The van der Waals surface area contributed by atoms with Crippen molar-refractivity contribution in [2.75, 3.05) is 13.3 Å². The molecule has 1 aromatic carbocycles. The van der Waals surface area contributed by atoms with Gasteiger partial charge in [0, 0.05) is 18.9 Å². The van der Waals surface area contributed by atoms with Crippen molar-refractivity contribution in [2.24, 2.45) is 5.41 Å². The number of ether oxygens (including phenoxy) is 2. The first-order valence-corrected chi connectivity index (χ1v) is 9.41. The van der Waals surface area contributed by atoms with Crippen LogP contribution in [-0.4, -0.2) is 34.3 Å². The van der Waals surface area contributed by atoms with E-state index in [9.17, 15) is 4.79 Å². The molecule has 1 unspecified atom stereocenters. The molecule has 0 aliphatic carbocycles. The van der Waals surface area contributed by atoms with Gasteiger partial charge in [0.05, 0.1) is 6.54 Å². The van der Waals surface area contributed by atoms with Crippen LogP contribution in [0.5, 0.6) is 11.5 Å². The lowest BCUT2D eigenvalue weighted by molar-refractivity contribution is -0.138. The molecule has 1 amide bonds. The van der Waals surface area contributed by atoms with Crippen molar-refractivity contribution < 1.29 is 18.8 Å². The van der Waals surface area contributed by atoms with Gasteiger partial charge in [0.25, 0.3) is 0 Å². The molecule has 144 valence electrons. The molecule has 4 rings (SSSR count). The van der Waals surface area contributed by atoms with Gasteiger partial charge in [-0.25, -0.2) is 0 Å². The van der Waals surface area contributed by atoms with E-state index in [1.165, 1.54) is 5.56 Å². The maximum Gasteiger partial charge on any atom is 0.231 e. The normalized spacial score (nSPS) is 21.9. The molecule has 1 fully saturated rings. The van der Waals surface area contributed by atoms with Gasteiger partial charge in [-0.1, -0.05) is 32.0 Å². The number of hydrogen-bond donors (Lipinski definition) is 0. The number of piperidine rings is 1. The number of hydrogen-bond acceptors (Lipinski definition) is 6.